The molecule has 0 amide bonds. The second-order valence-electron chi connectivity index (χ2n) is 4.56. The van der Waals surface area contributed by atoms with Crippen molar-refractivity contribution in [1.29, 1.82) is 0 Å². The summed E-state index contributed by atoms with van der Waals surface area (Å²) < 4.78 is 0. The first kappa shape index (κ1) is 13.1. The fourth-order valence-electron chi connectivity index (χ4n) is 1.63. The lowest BCUT2D eigenvalue weighted by atomic mass is 10.1. The minimum atomic E-state index is -0.00864. The molecule has 1 heterocycles. The molecule has 2 nitrogen and oxygen atoms in total. The van der Waals surface area contributed by atoms with Crippen LogP contribution >= 0.6 is 11.8 Å². The zero-order valence-corrected chi connectivity index (χ0v) is 11.8. The maximum absolute atomic E-state index is 5.78. The third-order valence-electron chi connectivity index (χ3n) is 2.94. The van der Waals surface area contributed by atoms with Crippen molar-refractivity contribution in [2.75, 3.05) is 0 Å². The molecule has 1 atom stereocenters. The van der Waals surface area contributed by atoms with E-state index in [0.29, 0.717) is 0 Å². The molecular formula is C15H18N2S. The van der Waals surface area contributed by atoms with Crippen LogP contribution in [0.2, 0.25) is 0 Å². The van der Waals surface area contributed by atoms with Crippen LogP contribution in [-0.4, -0.2) is 4.98 Å². The Balaban J connectivity index is 2.15. The summed E-state index contributed by atoms with van der Waals surface area (Å²) in [4.78, 5) is 6.75. The number of hydrogen-bond acceptors (Lipinski definition) is 3. The Morgan fingerprint density at radius 2 is 1.78 bits per heavy atom. The van der Waals surface area contributed by atoms with Gasteiger partial charge in [0, 0.05) is 22.0 Å². The lowest BCUT2D eigenvalue weighted by Gasteiger charge is -2.07. The van der Waals surface area contributed by atoms with Crippen LogP contribution < -0.4 is 5.73 Å². The van der Waals surface area contributed by atoms with E-state index in [0.717, 1.165) is 10.6 Å². The number of aryl methyl sites for hydroxylation is 2. The molecule has 3 heteroatoms. The van der Waals surface area contributed by atoms with E-state index >= 15 is 0 Å². The molecule has 0 aliphatic rings. The third-order valence-corrected chi connectivity index (χ3v) is 3.91. The fraction of sp³-hybridized carbons (Fsp3) is 0.267. The Morgan fingerprint density at radius 3 is 2.33 bits per heavy atom. The van der Waals surface area contributed by atoms with Crippen LogP contribution in [0.25, 0.3) is 0 Å². The molecule has 0 aliphatic heterocycles. The Hall–Kier alpha value is -1.32. The second-order valence-corrected chi connectivity index (χ2v) is 5.70. The lowest BCUT2D eigenvalue weighted by molar-refractivity contribution is 0.777. The molecule has 0 bridgehead atoms. The van der Waals surface area contributed by atoms with Crippen molar-refractivity contribution in [2.24, 2.45) is 5.73 Å². The van der Waals surface area contributed by atoms with Crippen LogP contribution in [0.1, 0.15) is 29.8 Å². The maximum Gasteiger partial charge on any atom is 0.0569 e. The van der Waals surface area contributed by atoms with Gasteiger partial charge in [-0.05, 0) is 56.2 Å². The topological polar surface area (TPSA) is 38.9 Å². The molecule has 0 radical (unpaired) electrons. The van der Waals surface area contributed by atoms with E-state index in [4.69, 9.17) is 5.73 Å². The van der Waals surface area contributed by atoms with E-state index in [1.54, 1.807) is 11.8 Å². The number of rotatable bonds is 3. The van der Waals surface area contributed by atoms with Crippen molar-refractivity contribution in [3.05, 3.63) is 53.3 Å². The average Bonchev–Trinajstić information content (AvgIpc) is 2.34. The molecule has 94 valence electrons. The molecule has 0 fully saturated rings. The number of nitrogens with zero attached hydrogens (tertiary/aromatic N) is 1. The first-order chi connectivity index (χ1) is 8.56. The number of nitrogens with two attached hydrogens (primary N) is 1. The number of hydrogen-bond donors (Lipinski definition) is 1. The number of aromatic nitrogens is 1. The van der Waals surface area contributed by atoms with Gasteiger partial charge in [0.05, 0.1) is 5.69 Å². The first-order valence-electron chi connectivity index (χ1n) is 6.03. The summed E-state index contributed by atoms with van der Waals surface area (Å²) in [5.74, 6) is 0. The van der Waals surface area contributed by atoms with E-state index in [9.17, 15) is 0 Å². The molecule has 2 aromatic rings. The summed E-state index contributed by atoms with van der Waals surface area (Å²) in [7, 11) is 0. The average molecular weight is 258 g/mol. The minimum Gasteiger partial charge on any atom is -0.323 e. The normalized spacial score (nSPS) is 12.4. The molecule has 1 aromatic carbocycles. The maximum atomic E-state index is 5.78. The van der Waals surface area contributed by atoms with Crippen molar-refractivity contribution in [3.8, 4) is 0 Å². The predicted octanol–water partition coefficient (Wildman–Crippen LogP) is 3.87. The summed E-state index contributed by atoms with van der Waals surface area (Å²) in [6.07, 6.45) is 1.89. The summed E-state index contributed by atoms with van der Waals surface area (Å²) in [6.45, 7) is 6.21. The highest BCUT2D eigenvalue weighted by atomic mass is 32.2. The molecule has 2 rings (SSSR count). The van der Waals surface area contributed by atoms with E-state index in [-0.39, 0.29) is 6.04 Å². The number of pyridine rings is 1. The molecule has 0 saturated heterocycles. The largest absolute Gasteiger partial charge is 0.323 e. The molecule has 0 unspecified atom stereocenters. The molecule has 0 aliphatic carbocycles. The summed E-state index contributed by atoms with van der Waals surface area (Å²) in [6, 6.07) is 10.6. The zero-order chi connectivity index (χ0) is 13.1. The van der Waals surface area contributed by atoms with Gasteiger partial charge in [-0.25, -0.2) is 0 Å². The fourth-order valence-corrected chi connectivity index (χ4v) is 2.52. The van der Waals surface area contributed by atoms with E-state index in [1.165, 1.54) is 16.0 Å². The Labute approximate surface area is 113 Å². The number of benzene rings is 1. The van der Waals surface area contributed by atoms with Crippen LogP contribution in [-0.2, 0) is 0 Å². The van der Waals surface area contributed by atoms with Crippen molar-refractivity contribution >= 4 is 11.8 Å². The van der Waals surface area contributed by atoms with Crippen molar-refractivity contribution < 1.29 is 0 Å². The second kappa shape index (κ2) is 5.55. The van der Waals surface area contributed by atoms with Gasteiger partial charge in [0.1, 0.15) is 0 Å². The van der Waals surface area contributed by atoms with Gasteiger partial charge in [0.2, 0.25) is 0 Å². The van der Waals surface area contributed by atoms with Gasteiger partial charge in [-0.15, -0.1) is 0 Å². The van der Waals surface area contributed by atoms with Crippen molar-refractivity contribution in [3.63, 3.8) is 0 Å². The van der Waals surface area contributed by atoms with Gasteiger partial charge in [0.25, 0.3) is 0 Å². The summed E-state index contributed by atoms with van der Waals surface area (Å²) in [5, 5.41) is 0. The smallest absolute Gasteiger partial charge is 0.0569 e. The van der Waals surface area contributed by atoms with Gasteiger partial charge in [-0.1, -0.05) is 17.8 Å². The predicted molar refractivity (Wildman–Crippen MR) is 76.9 cm³/mol. The van der Waals surface area contributed by atoms with Gasteiger partial charge in [-0.3, -0.25) is 4.98 Å². The molecule has 18 heavy (non-hydrogen) atoms. The first-order valence-corrected chi connectivity index (χ1v) is 6.84. The van der Waals surface area contributed by atoms with Gasteiger partial charge in [0.15, 0.2) is 0 Å². The SMILES string of the molecule is Cc1ccc(Sc2ccc([C@@H](C)N)nc2)cc1C. The Morgan fingerprint density at radius 1 is 1.06 bits per heavy atom. The van der Waals surface area contributed by atoms with Crippen molar-refractivity contribution in [2.45, 2.75) is 36.6 Å². The Kier molecular flexibility index (Phi) is 4.04. The molecule has 0 spiro atoms. The summed E-state index contributed by atoms with van der Waals surface area (Å²) >= 11 is 1.73. The third kappa shape index (κ3) is 3.12. The standard InChI is InChI=1S/C15H18N2S/c1-10-4-5-13(8-11(10)2)18-14-6-7-15(12(3)16)17-9-14/h4-9,12H,16H2,1-3H3/t12-/m1/s1. The zero-order valence-electron chi connectivity index (χ0n) is 11.0. The summed E-state index contributed by atoms with van der Waals surface area (Å²) in [5.41, 5.74) is 9.36. The highest BCUT2D eigenvalue weighted by molar-refractivity contribution is 7.99. The highest BCUT2D eigenvalue weighted by Gasteiger charge is 2.03. The van der Waals surface area contributed by atoms with E-state index in [1.807, 2.05) is 19.2 Å². The van der Waals surface area contributed by atoms with Crippen LogP contribution in [0.3, 0.4) is 0 Å². The van der Waals surface area contributed by atoms with Crippen LogP contribution in [0.15, 0.2) is 46.3 Å². The van der Waals surface area contributed by atoms with Crippen LogP contribution in [0, 0.1) is 13.8 Å². The van der Waals surface area contributed by atoms with Crippen LogP contribution in [0.5, 0.6) is 0 Å². The van der Waals surface area contributed by atoms with Gasteiger partial charge in [-0.2, -0.15) is 0 Å². The quantitative estimate of drug-likeness (QED) is 0.908. The van der Waals surface area contributed by atoms with Crippen LogP contribution in [0.4, 0.5) is 0 Å². The van der Waals surface area contributed by atoms with Crippen molar-refractivity contribution in [1.82, 2.24) is 4.98 Å². The minimum absolute atomic E-state index is 0.00864. The van der Waals surface area contributed by atoms with Gasteiger partial charge >= 0.3 is 0 Å². The molecular weight excluding hydrogens is 240 g/mol. The monoisotopic (exact) mass is 258 g/mol. The molecule has 2 N–H and O–H groups in total. The van der Waals surface area contributed by atoms with E-state index < -0.39 is 0 Å². The molecule has 1 aromatic heterocycles. The molecule has 0 saturated carbocycles. The Bertz CT molecular complexity index is 533. The highest BCUT2D eigenvalue weighted by Crippen LogP contribution is 2.28. The van der Waals surface area contributed by atoms with Gasteiger partial charge < -0.3 is 5.73 Å². The lowest BCUT2D eigenvalue weighted by Crippen LogP contribution is -2.06. The van der Waals surface area contributed by atoms with E-state index in [2.05, 4.69) is 43.1 Å².